The van der Waals surface area contributed by atoms with Gasteiger partial charge in [0, 0.05) is 23.4 Å². The van der Waals surface area contributed by atoms with Gasteiger partial charge in [0.1, 0.15) is 11.4 Å². The van der Waals surface area contributed by atoms with Gasteiger partial charge in [0.15, 0.2) is 5.65 Å². The Hall–Kier alpha value is -1.73. The van der Waals surface area contributed by atoms with Crippen molar-refractivity contribution in [3.05, 3.63) is 42.9 Å². The number of thioether (sulfide) groups is 1. The number of benzene rings is 1. The van der Waals surface area contributed by atoms with Gasteiger partial charge in [-0.15, -0.1) is 11.8 Å². The topological polar surface area (TPSA) is 60.7 Å². The van der Waals surface area contributed by atoms with Gasteiger partial charge in [0.25, 0.3) is 0 Å². The van der Waals surface area contributed by atoms with E-state index in [0.29, 0.717) is 5.75 Å². The van der Waals surface area contributed by atoms with Crippen LogP contribution in [-0.4, -0.2) is 35.5 Å². The molecule has 21 heavy (non-hydrogen) atoms. The standard InChI is InChI=1S/C14H14N4OS2/c1-18-13-12(9-17-18)14(16-10-15-13)20-7-8-21(19)11-5-3-2-4-6-11/h2-6,9-10H,7-8H2,1H3. The summed E-state index contributed by atoms with van der Waals surface area (Å²) in [7, 11) is 0.885. The van der Waals surface area contributed by atoms with Crippen molar-refractivity contribution in [3.63, 3.8) is 0 Å². The lowest BCUT2D eigenvalue weighted by Crippen LogP contribution is -2.01. The van der Waals surface area contributed by atoms with Crippen LogP contribution in [0.3, 0.4) is 0 Å². The van der Waals surface area contributed by atoms with Crippen LogP contribution in [-0.2, 0) is 17.8 Å². The molecule has 0 spiro atoms. The monoisotopic (exact) mass is 318 g/mol. The number of aryl methyl sites for hydroxylation is 1. The largest absolute Gasteiger partial charge is 0.254 e. The summed E-state index contributed by atoms with van der Waals surface area (Å²) in [6.07, 6.45) is 3.31. The normalized spacial score (nSPS) is 12.6. The average Bonchev–Trinajstić information content (AvgIpc) is 2.91. The third-order valence-electron chi connectivity index (χ3n) is 3.01. The molecule has 0 aliphatic carbocycles. The third-order valence-corrected chi connectivity index (χ3v) is 5.64. The molecule has 0 N–H and O–H groups in total. The number of nitrogens with zero attached hydrogens (tertiary/aromatic N) is 4. The van der Waals surface area contributed by atoms with E-state index in [4.69, 9.17) is 0 Å². The fourth-order valence-electron chi connectivity index (χ4n) is 1.96. The molecule has 0 aliphatic rings. The Kier molecular flexibility index (Phi) is 4.31. The van der Waals surface area contributed by atoms with Crippen molar-refractivity contribution in [1.82, 2.24) is 19.7 Å². The summed E-state index contributed by atoms with van der Waals surface area (Å²) in [6.45, 7) is 0. The zero-order chi connectivity index (χ0) is 14.7. The van der Waals surface area contributed by atoms with Crippen LogP contribution in [0.15, 0.2) is 52.8 Å². The zero-order valence-electron chi connectivity index (χ0n) is 11.5. The average molecular weight is 318 g/mol. The van der Waals surface area contributed by atoms with Crippen LogP contribution in [0, 0.1) is 0 Å². The number of hydrogen-bond donors (Lipinski definition) is 0. The van der Waals surface area contributed by atoms with E-state index in [2.05, 4.69) is 15.1 Å². The van der Waals surface area contributed by atoms with E-state index >= 15 is 0 Å². The molecule has 5 nitrogen and oxygen atoms in total. The van der Waals surface area contributed by atoms with Gasteiger partial charge >= 0.3 is 0 Å². The number of fused-ring (bicyclic) bond motifs is 1. The molecule has 0 saturated heterocycles. The van der Waals surface area contributed by atoms with Gasteiger partial charge in [-0.1, -0.05) is 18.2 Å². The lowest BCUT2D eigenvalue weighted by molar-refractivity contribution is 0.684. The molecule has 3 rings (SSSR count). The Bertz CT molecular complexity index is 773. The highest BCUT2D eigenvalue weighted by atomic mass is 32.2. The molecule has 108 valence electrons. The van der Waals surface area contributed by atoms with E-state index in [1.165, 1.54) is 0 Å². The fourth-order valence-corrected chi connectivity index (χ4v) is 4.21. The SMILES string of the molecule is Cn1ncc2c(SCCS(=O)c3ccccc3)ncnc21. The lowest BCUT2D eigenvalue weighted by Gasteiger charge is -2.03. The second-order valence-corrected chi connectivity index (χ2v) is 7.05. The summed E-state index contributed by atoms with van der Waals surface area (Å²) in [4.78, 5) is 9.37. The van der Waals surface area contributed by atoms with E-state index in [9.17, 15) is 4.21 Å². The Morgan fingerprint density at radius 3 is 2.86 bits per heavy atom. The van der Waals surface area contributed by atoms with Crippen molar-refractivity contribution in [1.29, 1.82) is 0 Å². The first-order chi connectivity index (χ1) is 10.3. The Morgan fingerprint density at radius 1 is 1.24 bits per heavy atom. The summed E-state index contributed by atoms with van der Waals surface area (Å²) < 4.78 is 13.9. The van der Waals surface area contributed by atoms with Gasteiger partial charge in [0.05, 0.1) is 22.4 Å². The molecular weight excluding hydrogens is 304 g/mol. The molecular formula is C14H14N4OS2. The van der Waals surface area contributed by atoms with E-state index < -0.39 is 10.8 Å². The van der Waals surface area contributed by atoms with Crippen LogP contribution in [0.2, 0.25) is 0 Å². The van der Waals surface area contributed by atoms with Crippen molar-refractivity contribution in [2.45, 2.75) is 9.92 Å². The first kappa shape index (κ1) is 14.2. The van der Waals surface area contributed by atoms with E-state index in [-0.39, 0.29) is 0 Å². The van der Waals surface area contributed by atoms with Crippen LogP contribution in [0.5, 0.6) is 0 Å². The molecule has 0 saturated carbocycles. The quantitative estimate of drug-likeness (QED) is 0.533. The van der Waals surface area contributed by atoms with Crippen molar-refractivity contribution in [2.24, 2.45) is 7.05 Å². The maximum absolute atomic E-state index is 12.2. The van der Waals surface area contributed by atoms with E-state index in [0.717, 1.165) is 26.7 Å². The lowest BCUT2D eigenvalue weighted by atomic mass is 10.4. The van der Waals surface area contributed by atoms with Crippen molar-refractivity contribution >= 4 is 33.6 Å². The van der Waals surface area contributed by atoms with Gasteiger partial charge < -0.3 is 0 Å². The van der Waals surface area contributed by atoms with Crippen LogP contribution in [0.4, 0.5) is 0 Å². The van der Waals surface area contributed by atoms with Crippen LogP contribution < -0.4 is 0 Å². The molecule has 0 aliphatic heterocycles. The zero-order valence-corrected chi connectivity index (χ0v) is 13.1. The summed E-state index contributed by atoms with van der Waals surface area (Å²) in [6, 6.07) is 9.53. The second kappa shape index (κ2) is 6.36. The van der Waals surface area contributed by atoms with Gasteiger partial charge in [-0.05, 0) is 12.1 Å². The molecule has 3 aromatic rings. The molecule has 0 amide bonds. The van der Waals surface area contributed by atoms with Crippen LogP contribution in [0.25, 0.3) is 11.0 Å². The van der Waals surface area contributed by atoms with E-state index in [1.807, 2.05) is 37.4 Å². The highest BCUT2D eigenvalue weighted by molar-refractivity contribution is 8.00. The first-order valence-corrected chi connectivity index (χ1v) is 8.75. The number of rotatable bonds is 5. The number of aromatic nitrogens is 4. The summed E-state index contributed by atoms with van der Waals surface area (Å²) >= 11 is 1.59. The molecule has 0 fully saturated rings. The Balaban J connectivity index is 1.66. The van der Waals surface area contributed by atoms with Gasteiger partial charge in [-0.3, -0.25) is 8.89 Å². The minimum atomic E-state index is -0.971. The highest BCUT2D eigenvalue weighted by Gasteiger charge is 2.09. The van der Waals surface area contributed by atoms with Crippen molar-refractivity contribution < 1.29 is 4.21 Å². The molecule has 1 aromatic carbocycles. The maximum Gasteiger partial charge on any atom is 0.162 e. The highest BCUT2D eigenvalue weighted by Crippen LogP contribution is 2.24. The predicted molar refractivity (Wildman–Crippen MR) is 84.7 cm³/mol. The predicted octanol–water partition coefficient (Wildman–Crippen LogP) is 2.26. The molecule has 1 unspecified atom stereocenters. The molecule has 0 radical (unpaired) electrons. The number of hydrogen-bond acceptors (Lipinski definition) is 5. The van der Waals surface area contributed by atoms with Crippen LogP contribution >= 0.6 is 11.8 Å². The maximum atomic E-state index is 12.2. The van der Waals surface area contributed by atoms with E-state index in [1.54, 1.807) is 29.0 Å². The first-order valence-electron chi connectivity index (χ1n) is 6.44. The van der Waals surface area contributed by atoms with Crippen molar-refractivity contribution in [2.75, 3.05) is 11.5 Å². The molecule has 2 heterocycles. The van der Waals surface area contributed by atoms with Crippen LogP contribution in [0.1, 0.15) is 0 Å². The van der Waals surface area contributed by atoms with Gasteiger partial charge in [-0.2, -0.15) is 5.10 Å². The third kappa shape index (κ3) is 3.14. The summed E-state index contributed by atoms with van der Waals surface area (Å²) in [5, 5.41) is 6.02. The van der Waals surface area contributed by atoms with Crippen molar-refractivity contribution in [3.8, 4) is 0 Å². The minimum absolute atomic E-state index is 0.598. The smallest absolute Gasteiger partial charge is 0.162 e. The fraction of sp³-hybridized carbons (Fsp3) is 0.214. The summed E-state index contributed by atoms with van der Waals surface area (Å²) in [5.41, 5.74) is 0.816. The second-order valence-electron chi connectivity index (χ2n) is 4.40. The minimum Gasteiger partial charge on any atom is -0.254 e. The molecule has 7 heteroatoms. The Morgan fingerprint density at radius 2 is 2.05 bits per heavy atom. The van der Waals surface area contributed by atoms with Gasteiger partial charge in [0.2, 0.25) is 0 Å². The molecule has 0 bridgehead atoms. The Labute approximate surface area is 129 Å². The molecule has 1 atom stereocenters. The molecule has 2 aromatic heterocycles. The summed E-state index contributed by atoms with van der Waals surface area (Å²) in [5.74, 6) is 1.34. The van der Waals surface area contributed by atoms with Gasteiger partial charge in [-0.25, -0.2) is 9.97 Å².